The molecule has 2 atom stereocenters. The van der Waals surface area contributed by atoms with E-state index in [0.717, 1.165) is 43.9 Å². The van der Waals surface area contributed by atoms with E-state index in [4.69, 9.17) is 19.7 Å². The summed E-state index contributed by atoms with van der Waals surface area (Å²) in [6.07, 6.45) is 1.31. The van der Waals surface area contributed by atoms with Crippen molar-refractivity contribution in [2.24, 2.45) is 5.16 Å². The van der Waals surface area contributed by atoms with Gasteiger partial charge in [0.15, 0.2) is 10.8 Å². The first-order valence-corrected chi connectivity index (χ1v) is 24.4. The molecule has 12 nitrogen and oxygen atoms in total. The molecule has 2 amide bonds. The number of carboxylic acids is 1. The molecule has 0 saturated carbocycles. The first-order valence-electron chi connectivity index (χ1n) is 22.5. The molecule has 0 bridgehead atoms. The fraction of sp³-hybridized carbons (Fsp3) is 0.143. The van der Waals surface area contributed by atoms with Gasteiger partial charge in [-0.25, -0.2) is 14.6 Å². The molecule has 0 radical (unpaired) electrons. The Morgan fingerprint density at radius 2 is 1.19 bits per heavy atom. The van der Waals surface area contributed by atoms with Crippen LogP contribution in [0, 0.1) is 0 Å². The summed E-state index contributed by atoms with van der Waals surface area (Å²) in [4.78, 5) is 67.2. The molecule has 2 aliphatic heterocycles. The van der Waals surface area contributed by atoms with Crippen molar-refractivity contribution in [2.75, 3.05) is 17.7 Å². The number of amides is 2. The number of ether oxygens (including phenoxy) is 1. The van der Waals surface area contributed by atoms with Gasteiger partial charge in [-0.2, -0.15) is 0 Å². The van der Waals surface area contributed by atoms with Crippen LogP contribution in [0.4, 0.5) is 5.13 Å². The Morgan fingerprint density at radius 3 is 1.63 bits per heavy atom. The van der Waals surface area contributed by atoms with Crippen molar-refractivity contribution in [3.8, 4) is 0 Å². The molecule has 14 heteroatoms. The maximum absolute atomic E-state index is 15.0. The van der Waals surface area contributed by atoms with E-state index in [0.29, 0.717) is 5.13 Å². The second-order valence-electron chi connectivity index (χ2n) is 16.8. The van der Waals surface area contributed by atoms with Crippen molar-refractivity contribution in [1.82, 2.24) is 15.2 Å². The SMILES string of the molecule is CC(C)=CC(=O)OCC1=C(C(=O)O)N2C(=O)[C@@H](NC(=O)/C(=N\OC(c3ccccc3)(c3ccccc3)c3ccccc3)c3csc(NC(c4ccccc4)(c4ccccc4)c4ccccc4)n3)[C@H]2SC1. The second kappa shape index (κ2) is 20.7. The normalized spacial score (nSPS) is 15.8. The van der Waals surface area contributed by atoms with Crippen LogP contribution in [-0.4, -0.2) is 68.2 Å². The number of aromatic nitrogens is 1. The fourth-order valence-electron chi connectivity index (χ4n) is 8.82. The summed E-state index contributed by atoms with van der Waals surface area (Å²) in [6, 6.07) is 57.7. The molecule has 6 aromatic carbocycles. The average molecular weight is 966 g/mol. The topological polar surface area (TPSA) is 160 Å². The van der Waals surface area contributed by atoms with E-state index in [1.165, 1.54) is 29.2 Å². The monoisotopic (exact) mass is 965 g/mol. The number of thioether (sulfide) groups is 1. The summed E-state index contributed by atoms with van der Waals surface area (Å²) in [6.45, 7) is 3.17. The third-order valence-electron chi connectivity index (χ3n) is 12.0. The molecule has 70 heavy (non-hydrogen) atoms. The van der Waals surface area contributed by atoms with E-state index >= 15 is 4.79 Å². The highest BCUT2D eigenvalue weighted by Crippen LogP contribution is 2.44. The number of oxime groups is 1. The zero-order chi connectivity index (χ0) is 48.7. The van der Waals surface area contributed by atoms with E-state index in [9.17, 15) is 19.5 Å². The number of hydrogen-bond donors (Lipinski definition) is 3. The van der Waals surface area contributed by atoms with Gasteiger partial charge in [0.1, 0.15) is 35.0 Å². The van der Waals surface area contributed by atoms with Crippen LogP contribution in [0.2, 0.25) is 0 Å². The standard InChI is InChI=1S/C56H47N5O7S2/c1-37(2)33-46(62)67-34-38-35-69-52-48(51(64)61(52)49(38)53(65)66)58-50(63)47(60-68-56(42-27-15-6-16-28-42,43-29-17-7-18-30-43)44-31-19-8-20-32-44)45-36-70-54(57-45)59-55(39-21-9-3-10-22-39,40-23-11-4-12-24-40)41-25-13-5-14-26-41/h3-33,36,48,52H,34-35H2,1-2H3,(H,57,59)(H,58,63)(H,65,66)/b60-47-/t48-,52-/m1/s1. The molecule has 0 aliphatic carbocycles. The number of esters is 1. The molecule has 0 unspecified atom stereocenters. The third kappa shape index (κ3) is 9.26. The highest BCUT2D eigenvalue weighted by atomic mass is 32.2. The number of anilines is 1. The van der Waals surface area contributed by atoms with E-state index in [1.807, 2.05) is 146 Å². The third-order valence-corrected chi connectivity index (χ3v) is 14.1. The predicted octanol–water partition coefficient (Wildman–Crippen LogP) is 9.51. The summed E-state index contributed by atoms with van der Waals surface area (Å²) in [7, 11) is 0. The molecule has 2 aliphatic rings. The number of fused-ring (bicyclic) bond motifs is 1. The van der Waals surface area contributed by atoms with Crippen molar-refractivity contribution < 1.29 is 33.9 Å². The minimum atomic E-state index is -1.38. The molecule has 7 aromatic rings. The van der Waals surface area contributed by atoms with Crippen LogP contribution < -0.4 is 10.6 Å². The summed E-state index contributed by atoms with van der Waals surface area (Å²) < 4.78 is 5.35. The molecular formula is C56H47N5O7S2. The molecule has 1 aromatic heterocycles. The molecule has 1 saturated heterocycles. The number of hydrogen-bond acceptors (Lipinski definition) is 11. The predicted molar refractivity (Wildman–Crippen MR) is 272 cm³/mol. The van der Waals surface area contributed by atoms with Gasteiger partial charge in [0.25, 0.3) is 11.8 Å². The zero-order valence-corrected chi connectivity index (χ0v) is 39.7. The summed E-state index contributed by atoms with van der Waals surface area (Å²) in [5.41, 5.74) is 3.31. The lowest BCUT2D eigenvalue weighted by atomic mass is 9.77. The van der Waals surface area contributed by atoms with Gasteiger partial charge in [0.05, 0.1) is 0 Å². The lowest BCUT2D eigenvalue weighted by molar-refractivity contribution is -0.150. The van der Waals surface area contributed by atoms with Crippen LogP contribution in [0.5, 0.6) is 0 Å². The first-order chi connectivity index (χ1) is 34.1. The van der Waals surface area contributed by atoms with Gasteiger partial charge >= 0.3 is 11.9 Å². The van der Waals surface area contributed by atoms with Crippen LogP contribution in [0.3, 0.4) is 0 Å². The number of thiazole rings is 1. The molecule has 350 valence electrons. The van der Waals surface area contributed by atoms with Crippen molar-refractivity contribution in [3.63, 3.8) is 0 Å². The number of carboxylic acid groups (broad SMARTS) is 1. The summed E-state index contributed by atoms with van der Waals surface area (Å²) in [5, 5.41) is 23.2. The number of carbonyl (C=O) groups excluding carboxylic acids is 3. The Bertz CT molecular complexity index is 2900. The highest BCUT2D eigenvalue weighted by molar-refractivity contribution is 8.00. The van der Waals surface area contributed by atoms with Gasteiger partial charge in [-0.15, -0.1) is 23.1 Å². The molecule has 3 N–H and O–H groups in total. The number of carbonyl (C=O) groups is 4. The molecule has 9 rings (SSSR count). The van der Waals surface area contributed by atoms with Gasteiger partial charge < -0.3 is 25.3 Å². The minimum Gasteiger partial charge on any atom is -0.477 e. The van der Waals surface area contributed by atoms with E-state index < -0.39 is 46.3 Å². The smallest absolute Gasteiger partial charge is 0.352 e. The largest absolute Gasteiger partial charge is 0.477 e. The zero-order valence-electron chi connectivity index (χ0n) is 38.1. The lowest BCUT2D eigenvalue weighted by Crippen LogP contribution is -2.71. The van der Waals surface area contributed by atoms with E-state index in [-0.39, 0.29) is 35.0 Å². The molecule has 3 heterocycles. The van der Waals surface area contributed by atoms with Crippen molar-refractivity contribution in [1.29, 1.82) is 0 Å². The highest BCUT2D eigenvalue weighted by Gasteiger charge is 2.55. The number of nitrogens with zero attached hydrogens (tertiary/aromatic N) is 3. The van der Waals surface area contributed by atoms with Gasteiger partial charge in [-0.3, -0.25) is 14.5 Å². The van der Waals surface area contributed by atoms with E-state index in [1.54, 1.807) is 19.2 Å². The van der Waals surface area contributed by atoms with Crippen LogP contribution in [0.1, 0.15) is 52.9 Å². The minimum absolute atomic E-state index is 0.134. The van der Waals surface area contributed by atoms with Gasteiger partial charge in [-0.1, -0.05) is 193 Å². The van der Waals surface area contributed by atoms with Gasteiger partial charge in [0, 0.05) is 39.5 Å². The number of rotatable bonds is 17. The molecule has 1 fully saturated rings. The van der Waals surface area contributed by atoms with Crippen molar-refractivity contribution >= 4 is 57.7 Å². The maximum atomic E-state index is 15.0. The molecule has 0 spiro atoms. The Morgan fingerprint density at radius 1 is 0.729 bits per heavy atom. The quantitative estimate of drug-likeness (QED) is 0.0200. The number of allylic oxidation sites excluding steroid dienone is 1. The number of nitrogens with one attached hydrogen (secondary N) is 2. The Labute approximate surface area is 413 Å². The van der Waals surface area contributed by atoms with Crippen molar-refractivity contribution in [3.05, 3.63) is 249 Å². The van der Waals surface area contributed by atoms with Crippen LogP contribution in [0.25, 0.3) is 0 Å². The van der Waals surface area contributed by atoms with Gasteiger partial charge in [-0.05, 0) is 30.5 Å². The average Bonchev–Trinajstić information content (AvgIpc) is 3.86. The molecular weight excluding hydrogens is 919 g/mol. The summed E-state index contributed by atoms with van der Waals surface area (Å²) in [5.74, 6) is -3.27. The fourth-order valence-corrected chi connectivity index (χ4v) is 10.9. The Balaban J connectivity index is 1.13. The van der Waals surface area contributed by atoms with Crippen LogP contribution in [0.15, 0.2) is 215 Å². The lowest BCUT2D eigenvalue weighted by Gasteiger charge is -2.49. The summed E-state index contributed by atoms with van der Waals surface area (Å²) >= 11 is 2.52. The van der Waals surface area contributed by atoms with Gasteiger partial charge in [0.2, 0.25) is 5.60 Å². The van der Waals surface area contributed by atoms with E-state index in [2.05, 4.69) is 47.0 Å². The van der Waals surface area contributed by atoms with Crippen molar-refractivity contribution in [2.45, 2.75) is 36.4 Å². The number of β-lactam (4-membered cyclic amide) rings is 1. The number of benzene rings is 6. The van der Waals surface area contributed by atoms with Crippen LogP contribution >= 0.6 is 23.1 Å². The second-order valence-corrected chi connectivity index (χ2v) is 18.7. The maximum Gasteiger partial charge on any atom is 0.352 e. The number of aliphatic carboxylic acids is 1. The van der Waals surface area contributed by atoms with Crippen LogP contribution in [-0.2, 0) is 39.9 Å². The Hall–Kier alpha value is -8.07. The first kappa shape index (κ1) is 47.0. The Kier molecular flexibility index (Phi) is 13.9.